The maximum Gasteiger partial charge on any atom is 0.387 e. The fraction of sp³-hybridized carbons (Fsp3) is 0.200. The summed E-state index contributed by atoms with van der Waals surface area (Å²) < 4.78 is 38.7. The zero-order valence-corrected chi connectivity index (χ0v) is 15.1. The van der Waals surface area contributed by atoms with Crippen molar-refractivity contribution in [2.24, 2.45) is 0 Å². The number of anilines is 1. The maximum absolute atomic E-state index is 12.1. The number of ether oxygens (including phenoxy) is 3. The number of halogens is 2. The average molecular weight is 391 g/mol. The predicted octanol–water partition coefficient (Wildman–Crippen LogP) is 3.88. The Morgan fingerprint density at radius 3 is 2.50 bits per heavy atom. The molecule has 0 atom stereocenters. The van der Waals surface area contributed by atoms with E-state index in [1.807, 2.05) is 13.0 Å². The van der Waals surface area contributed by atoms with Gasteiger partial charge in [-0.1, -0.05) is 18.2 Å². The van der Waals surface area contributed by atoms with Gasteiger partial charge in [0.05, 0.1) is 6.61 Å². The summed E-state index contributed by atoms with van der Waals surface area (Å²) in [6.07, 6.45) is 2.73. The van der Waals surface area contributed by atoms with Crippen molar-refractivity contribution in [3.05, 3.63) is 60.2 Å². The monoisotopic (exact) mass is 391 g/mol. The van der Waals surface area contributed by atoms with Gasteiger partial charge < -0.3 is 19.5 Å². The Balaban J connectivity index is 1.81. The van der Waals surface area contributed by atoms with Gasteiger partial charge >= 0.3 is 12.6 Å². The molecule has 6 nitrogen and oxygen atoms in total. The molecular formula is C20H19F2NO5. The maximum atomic E-state index is 12.1. The molecule has 28 heavy (non-hydrogen) atoms. The number of carbonyl (C=O) groups is 2. The van der Waals surface area contributed by atoms with Gasteiger partial charge in [-0.25, -0.2) is 4.79 Å². The summed E-state index contributed by atoms with van der Waals surface area (Å²) in [5.74, 6) is -0.663. The Morgan fingerprint density at radius 1 is 1.11 bits per heavy atom. The molecule has 1 N–H and O–H groups in total. The Morgan fingerprint density at radius 2 is 1.82 bits per heavy atom. The highest BCUT2D eigenvalue weighted by molar-refractivity contribution is 5.94. The highest BCUT2D eigenvalue weighted by atomic mass is 19.3. The van der Waals surface area contributed by atoms with Crippen LogP contribution >= 0.6 is 0 Å². The highest BCUT2D eigenvalue weighted by Gasteiger charge is 2.08. The number of rotatable bonds is 9. The van der Waals surface area contributed by atoms with Crippen LogP contribution in [0.3, 0.4) is 0 Å². The molecule has 0 unspecified atom stereocenters. The molecule has 2 aromatic carbocycles. The molecule has 2 aromatic rings. The zero-order chi connectivity index (χ0) is 20.4. The van der Waals surface area contributed by atoms with Gasteiger partial charge in [-0.3, -0.25) is 4.79 Å². The Kier molecular flexibility index (Phi) is 7.95. The summed E-state index contributed by atoms with van der Waals surface area (Å²) in [6, 6.07) is 12.5. The van der Waals surface area contributed by atoms with Crippen LogP contribution in [0.4, 0.5) is 14.5 Å². The molecule has 0 saturated heterocycles. The second kappa shape index (κ2) is 10.7. The minimum atomic E-state index is -2.92. The molecule has 0 bridgehead atoms. The molecule has 0 aliphatic rings. The quantitative estimate of drug-likeness (QED) is 0.519. The van der Waals surface area contributed by atoms with Crippen molar-refractivity contribution in [1.29, 1.82) is 0 Å². The van der Waals surface area contributed by atoms with Gasteiger partial charge in [-0.05, 0) is 43.3 Å². The van der Waals surface area contributed by atoms with Crippen LogP contribution in [0.25, 0.3) is 6.08 Å². The predicted molar refractivity (Wildman–Crippen MR) is 99.3 cm³/mol. The molecule has 0 aliphatic heterocycles. The second-order valence-corrected chi connectivity index (χ2v) is 5.36. The number of alkyl halides is 2. The number of carbonyl (C=O) groups excluding carboxylic acids is 2. The lowest BCUT2D eigenvalue weighted by Gasteiger charge is -2.08. The standard InChI is InChI=1S/C20H19F2NO5/c1-2-26-17-6-4-3-5-14(17)7-12-19(25)27-13-18(24)23-15-8-10-16(11-9-15)28-20(21)22/h3-12,20H,2,13H2,1H3,(H,23,24)/b12-7+. The number of nitrogens with one attached hydrogen (secondary N) is 1. The lowest BCUT2D eigenvalue weighted by atomic mass is 10.2. The van der Waals surface area contributed by atoms with Crippen LogP contribution in [0.2, 0.25) is 0 Å². The van der Waals surface area contributed by atoms with Gasteiger partial charge in [0.1, 0.15) is 11.5 Å². The van der Waals surface area contributed by atoms with Crippen LogP contribution in [0.1, 0.15) is 12.5 Å². The molecule has 0 heterocycles. The summed E-state index contributed by atoms with van der Waals surface area (Å²) in [5.41, 5.74) is 1.06. The minimum absolute atomic E-state index is 0.0307. The van der Waals surface area contributed by atoms with Gasteiger partial charge in [-0.2, -0.15) is 8.78 Å². The van der Waals surface area contributed by atoms with Gasteiger partial charge in [0.15, 0.2) is 6.61 Å². The summed E-state index contributed by atoms with van der Waals surface area (Å²) in [5, 5.41) is 2.47. The van der Waals surface area contributed by atoms with Crippen molar-refractivity contribution in [2.75, 3.05) is 18.5 Å². The molecule has 0 aromatic heterocycles. The molecular weight excluding hydrogens is 372 g/mol. The lowest BCUT2D eigenvalue weighted by Crippen LogP contribution is -2.20. The van der Waals surface area contributed by atoms with Crippen molar-refractivity contribution in [2.45, 2.75) is 13.5 Å². The van der Waals surface area contributed by atoms with Gasteiger partial charge in [-0.15, -0.1) is 0 Å². The molecule has 0 spiro atoms. The van der Waals surface area contributed by atoms with E-state index in [0.717, 1.165) is 0 Å². The first-order chi connectivity index (χ1) is 13.5. The van der Waals surface area contributed by atoms with Crippen LogP contribution in [-0.2, 0) is 14.3 Å². The van der Waals surface area contributed by atoms with Crippen LogP contribution < -0.4 is 14.8 Å². The first kappa shape index (κ1) is 20.9. The number of esters is 1. The molecule has 8 heteroatoms. The van der Waals surface area contributed by atoms with E-state index in [0.29, 0.717) is 23.6 Å². The summed E-state index contributed by atoms with van der Waals surface area (Å²) >= 11 is 0. The molecule has 2 rings (SSSR count). The van der Waals surface area contributed by atoms with E-state index in [-0.39, 0.29) is 5.75 Å². The van der Waals surface area contributed by atoms with E-state index in [1.54, 1.807) is 18.2 Å². The topological polar surface area (TPSA) is 73.9 Å². The van der Waals surface area contributed by atoms with E-state index in [9.17, 15) is 18.4 Å². The first-order valence-electron chi connectivity index (χ1n) is 8.39. The third kappa shape index (κ3) is 7.06. The van der Waals surface area contributed by atoms with E-state index in [1.165, 1.54) is 36.4 Å². The smallest absolute Gasteiger partial charge is 0.387 e. The first-order valence-corrected chi connectivity index (χ1v) is 8.39. The van der Waals surface area contributed by atoms with Crippen LogP contribution in [0.5, 0.6) is 11.5 Å². The Bertz CT molecular complexity index is 822. The van der Waals surface area contributed by atoms with E-state index in [4.69, 9.17) is 9.47 Å². The summed E-state index contributed by atoms with van der Waals surface area (Å²) in [4.78, 5) is 23.6. The molecule has 148 valence electrons. The number of hydrogen-bond acceptors (Lipinski definition) is 5. The second-order valence-electron chi connectivity index (χ2n) is 5.36. The third-order valence-corrected chi connectivity index (χ3v) is 3.33. The zero-order valence-electron chi connectivity index (χ0n) is 15.1. The molecule has 1 amide bonds. The van der Waals surface area contributed by atoms with E-state index < -0.39 is 25.1 Å². The number of hydrogen-bond donors (Lipinski definition) is 1. The SMILES string of the molecule is CCOc1ccccc1/C=C/C(=O)OCC(=O)Nc1ccc(OC(F)F)cc1. The minimum Gasteiger partial charge on any atom is -0.493 e. The third-order valence-electron chi connectivity index (χ3n) is 3.33. The average Bonchev–Trinajstić information content (AvgIpc) is 2.67. The van der Waals surface area contributed by atoms with Crippen molar-refractivity contribution in [3.63, 3.8) is 0 Å². The fourth-order valence-corrected chi connectivity index (χ4v) is 2.16. The molecule has 0 radical (unpaired) electrons. The van der Waals surface area contributed by atoms with E-state index >= 15 is 0 Å². The summed E-state index contributed by atoms with van der Waals surface area (Å²) in [7, 11) is 0. The van der Waals surface area contributed by atoms with Gasteiger partial charge in [0, 0.05) is 17.3 Å². The van der Waals surface area contributed by atoms with Crippen LogP contribution in [0, 0.1) is 0 Å². The van der Waals surface area contributed by atoms with Crippen LogP contribution in [0.15, 0.2) is 54.6 Å². The molecule has 0 saturated carbocycles. The van der Waals surface area contributed by atoms with Crippen molar-refractivity contribution in [3.8, 4) is 11.5 Å². The fourth-order valence-electron chi connectivity index (χ4n) is 2.16. The number of benzene rings is 2. The molecule has 0 aliphatic carbocycles. The highest BCUT2D eigenvalue weighted by Crippen LogP contribution is 2.19. The molecule has 0 fully saturated rings. The summed E-state index contributed by atoms with van der Waals surface area (Å²) in [6.45, 7) is -1.07. The van der Waals surface area contributed by atoms with Gasteiger partial charge in [0.2, 0.25) is 0 Å². The Hall–Kier alpha value is -3.42. The largest absolute Gasteiger partial charge is 0.493 e. The number of amides is 1. The lowest BCUT2D eigenvalue weighted by molar-refractivity contribution is -0.142. The van der Waals surface area contributed by atoms with Crippen molar-refractivity contribution >= 4 is 23.6 Å². The Labute approximate surface area is 160 Å². The normalized spacial score (nSPS) is 10.7. The van der Waals surface area contributed by atoms with Gasteiger partial charge in [0.25, 0.3) is 5.91 Å². The van der Waals surface area contributed by atoms with Crippen molar-refractivity contribution in [1.82, 2.24) is 0 Å². The van der Waals surface area contributed by atoms with Crippen molar-refractivity contribution < 1.29 is 32.6 Å². The van der Waals surface area contributed by atoms with E-state index in [2.05, 4.69) is 10.1 Å². The number of para-hydroxylation sites is 1. The van der Waals surface area contributed by atoms with Crippen LogP contribution in [-0.4, -0.2) is 31.7 Å².